The minimum absolute atomic E-state index is 0.0596. The summed E-state index contributed by atoms with van der Waals surface area (Å²) in [7, 11) is -9.99. The third kappa shape index (κ3) is 11.1. The fourth-order valence-corrected chi connectivity index (χ4v) is 6.80. The Balaban J connectivity index is 1.97. The monoisotopic (exact) mass is 870 g/mol. The van der Waals surface area contributed by atoms with Gasteiger partial charge in [-0.25, -0.2) is 23.9 Å². The van der Waals surface area contributed by atoms with E-state index in [0.717, 1.165) is 51.3 Å². The molecule has 26 nitrogen and oxygen atoms in total. The van der Waals surface area contributed by atoms with Gasteiger partial charge in [0.2, 0.25) is 17.1 Å². The van der Waals surface area contributed by atoms with E-state index in [1.54, 1.807) is 4.72 Å². The Morgan fingerprint density at radius 2 is 1.41 bits per heavy atom. The van der Waals surface area contributed by atoms with Crippen molar-refractivity contribution < 1.29 is 74.6 Å². The van der Waals surface area contributed by atoms with Crippen molar-refractivity contribution in [2.24, 2.45) is 10.3 Å². The Bertz CT molecular complexity index is 2200. The summed E-state index contributed by atoms with van der Waals surface area (Å²) in [5.41, 5.74) is -0.531. The number of oxime groups is 2. The highest BCUT2D eigenvalue weighted by molar-refractivity contribution is 7.84. The summed E-state index contributed by atoms with van der Waals surface area (Å²) in [5.74, 6) is -8.00. The van der Waals surface area contributed by atoms with E-state index in [1.165, 1.54) is 12.3 Å². The van der Waals surface area contributed by atoms with Crippen LogP contribution in [0.3, 0.4) is 0 Å². The van der Waals surface area contributed by atoms with Gasteiger partial charge in [0.15, 0.2) is 21.7 Å². The summed E-state index contributed by atoms with van der Waals surface area (Å²) in [6.07, 6.45) is 0. The molecule has 0 unspecified atom stereocenters. The van der Waals surface area contributed by atoms with Crippen LogP contribution in [0.2, 0.25) is 0 Å². The maximum absolute atomic E-state index is 13.6. The van der Waals surface area contributed by atoms with Gasteiger partial charge in [-0.1, -0.05) is 10.3 Å². The number of carboxylic acid groups (broad SMARTS) is 2. The predicted molar refractivity (Wildman–Crippen MR) is 192 cm³/mol. The number of amides is 4. The second-order valence-electron chi connectivity index (χ2n) is 12.4. The lowest BCUT2D eigenvalue weighted by atomic mass is 10.0. The molecule has 308 valence electrons. The smallest absolute Gasteiger partial charge is 0.362 e. The lowest BCUT2D eigenvalue weighted by Crippen LogP contribution is -2.71. The zero-order valence-electron chi connectivity index (χ0n) is 29.6. The molecule has 1 saturated heterocycles. The average Bonchev–Trinajstić information content (AvgIpc) is 3.69. The lowest BCUT2D eigenvalue weighted by Gasteiger charge is -2.42. The molecule has 30 heteroatoms. The molecule has 0 radical (unpaired) electrons. The number of nitrogens with one attached hydrogen (secondary N) is 4. The van der Waals surface area contributed by atoms with E-state index in [4.69, 9.17) is 15.4 Å². The Kier molecular flexibility index (Phi) is 13.5. The summed E-state index contributed by atoms with van der Waals surface area (Å²) < 4.78 is 66.8. The molecule has 10 N–H and O–H groups in total. The van der Waals surface area contributed by atoms with Crippen LogP contribution >= 0.6 is 22.7 Å². The number of carbonyl (C=O) groups is 6. The van der Waals surface area contributed by atoms with Gasteiger partial charge in [0, 0.05) is 10.8 Å². The molecule has 4 amide bonds. The number of anilines is 2. The summed E-state index contributed by atoms with van der Waals surface area (Å²) >= 11 is 1.45. The van der Waals surface area contributed by atoms with Gasteiger partial charge >= 0.3 is 32.5 Å². The maximum atomic E-state index is 13.6. The van der Waals surface area contributed by atoms with E-state index in [-0.39, 0.29) is 20.3 Å². The molecule has 1 aliphatic rings. The number of aliphatic carboxylic acids is 2. The van der Waals surface area contributed by atoms with Gasteiger partial charge in [-0.05, 0) is 41.5 Å². The number of carbonyl (C=O) groups excluding carboxylic acids is 4. The first-order valence-corrected chi connectivity index (χ1v) is 19.8. The molecule has 4 atom stereocenters. The van der Waals surface area contributed by atoms with E-state index in [1.807, 2.05) is 0 Å². The van der Waals surface area contributed by atoms with Crippen molar-refractivity contribution in [3.8, 4) is 0 Å². The standard InChI is InChI=1S/C26H34N10O16S4/c1-9(35-55(45,46)47)13(30-18(38)15(11-7-53-23(27)28-11)33-51-25(3,4)21(41)42)17(37)32-24-29-12(8-54-24)16(34-52-26(5,6)22(43)44)19(39)31-14-10(2)36(20(14)40)56(48,49)50/h7-10,13-14,35H,1-6H3,(H2,27,28)(H,30,38)(H,31,39)(H,41,42)(H,43,44)(H,29,32,37)(H,45,46,47)(H,48,49,50)/b33-15-,34-16-/t9-,10-,13-,14-/m0/s1. The molecule has 2 aromatic rings. The Morgan fingerprint density at radius 1 is 0.911 bits per heavy atom. The van der Waals surface area contributed by atoms with Gasteiger partial charge in [0.1, 0.15) is 23.5 Å². The molecule has 3 heterocycles. The van der Waals surface area contributed by atoms with E-state index in [0.29, 0.717) is 11.3 Å². The van der Waals surface area contributed by atoms with Crippen molar-refractivity contribution in [2.45, 2.75) is 76.9 Å². The van der Waals surface area contributed by atoms with Crippen LogP contribution in [-0.4, -0.2) is 133 Å². The number of aromatic nitrogens is 2. The highest BCUT2D eigenvalue weighted by atomic mass is 32.2. The summed E-state index contributed by atoms with van der Waals surface area (Å²) in [5, 5.41) is 34.5. The predicted octanol–water partition coefficient (Wildman–Crippen LogP) is -2.23. The van der Waals surface area contributed by atoms with Crippen molar-refractivity contribution >= 4 is 101 Å². The van der Waals surface area contributed by atoms with Crippen molar-refractivity contribution in [1.29, 1.82) is 0 Å². The van der Waals surface area contributed by atoms with E-state index < -0.39 is 109 Å². The summed E-state index contributed by atoms with van der Waals surface area (Å²) in [4.78, 5) is 94.0. The molecule has 0 saturated carbocycles. The lowest BCUT2D eigenvalue weighted by molar-refractivity contribution is -0.161. The molecule has 0 aliphatic carbocycles. The van der Waals surface area contributed by atoms with Gasteiger partial charge in [-0.15, -0.1) is 22.7 Å². The van der Waals surface area contributed by atoms with Crippen LogP contribution < -0.4 is 26.4 Å². The highest BCUT2D eigenvalue weighted by Gasteiger charge is 2.52. The molecule has 56 heavy (non-hydrogen) atoms. The Labute approximate surface area is 324 Å². The second-order valence-corrected chi connectivity index (χ2v) is 16.7. The van der Waals surface area contributed by atoms with E-state index in [9.17, 15) is 64.9 Å². The maximum Gasteiger partial charge on any atom is 0.362 e. The molecule has 2 aromatic heterocycles. The summed E-state index contributed by atoms with van der Waals surface area (Å²) in [6, 6.07) is -6.39. The Morgan fingerprint density at radius 3 is 1.86 bits per heavy atom. The van der Waals surface area contributed by atoms with Gasteiger partial charge < -0.3 is 41.6 Å². The van der Waals surface area contributed by atoms with Gasteiger partial charge in [-0.3, -0.25) is 28.3 Å². The summed E-state index contributed by atoms with van der Waals surface area (Å²) in [6.45, 7) is 6.56. The van der Waals surface area contributed by atoms with E-state index in [2.05, 4.69) is 36.2 Å². The number of hydrogen-bond acceptors (Lipinski definition) is 19. The number of β-lactam (4-membered cyclic amide) rings is 1. The first-order valence-electron chi connectivity index (χ1n) is 15.2. The number of nitrogens with two attached hydrogens (primary N) is 1. The number of rotatable bonds is 18. The van der Waals surface area contributed by atoms with Crippen LogP contribution in [0.5, 0.6) is 0 Å². The molecule has 1 fully saturated rings. The van der Waals surface area contributed by atoms with Gasteiger partial charge in [0.05, 0.1) is 12.1 Å². The highest BCUT2D eigenvalue weighted by Crippen LogP contribution is 2.24. The molecule has 0 bridgehead atoms. The van der Waals surface area contributed by atoms with Crippen LogP contribution in [0.15, 0.2) is 21.1 Å². The van der Waals surface area contributed by atoms with Gasteiger partial charge in [-0.2, -0.15) is 21.6 Å². The fourth-order valence-electron chi connectivity index (χ4n) is 4.07. The minimum atomic E-state index is -5.02. The molecular formula is C26H34N10O16S4. The van der Waals surface area contributed by atoms with Gasteiger partial charge in [0.25, 0.3) is 17.7 Å². The number of carboxylic acids is 2. The first-order chi connectivity index (χ1) is 25.6. The zero-order valence-corrected chi connectivity index (χ0v) is 32.9. The number of nitrogens with zero attached hydrogens (tertiary/aromatic N) is 5. The second kappa shape index (κ2) is 16.8. The zero-order chi connectivity index (χ0) is 42.7. The Hall–Kier alpha value is -5.40. The molecule has 0 aromatic carbocycles. The minimum Gasteiger partial charge on any atom is -0.478 e. The van der Waals surface area contributed by atoms with Crippen molar-refractivity contribution in [3.63, 3.8) is 0 Å². The van der Waals surface area contributed by atoms with Crippen LogP contribution in [0.4, 0.5) is 10.3 Å². The third-order valence-corrected chi connectivity index (χ3v) is 10.3. The van der Waals surface area contributed by atoms with Crippen LogP contribution in [0, 0.1) is 0 Å². The van der Waals surface area contributed by atoms with Crippen LogP contribution in [0.1, 0.15) is 52.9 Å². The van der Waals surface area contributed by atoms with E-state index >= 15 is 0 Å². The van der Waals surface area contributed by atoms with Crippen molar-refractivity contribution in [2.75, 3.05) is 11.1 Å². The largest absolute Gasteiger partial charge is 0.478 e. The molecule has 0 spiro atoms. The molecule has 1 aliphatic heterocycles. The SMILES string of the molecule is C[C@H](NS(=O)(=O)O)[C@H](NC(=O)/C(=N\OC(C)(C)C(=O)O)c1csc(N)n1)C(=O)Nc1nc(/C(=N/OC(C)(C)C(=O)O)C(=O)N[C@@H]2C(=O)N(S(=O)(=O)O)[C@H]2C)cs1. The van der Waals surface area contributed by atoms with Crippen LogP contribution in [-0.2, 0) is 59.1 Å². The van der Waals surface area contributed by atoms with Crippen molar-refractivity contribution in [3.05, 3.63) is 22.1 Å². The fraction of sp³-hybridized carbons (Fsp3) is 0.462. The topological polar surface area (TPSA) is 398 Å². The van der Waals surface area contributed by atoms with Crippen LogP contribution in [0.25, 0.3) is 0 Å². The number of nitrogen functional groups attached to an aromatic ring is 1. The molecular weight excluding hydrogens is 837 g/mol. The number of hydrogen-bond donors (Lipinski definition) is 9. The number of thiazole rings is 2. The molecule has 3 rings (SSSR count). The van der Waals surface area contributed by atoms with Crippen molar-refractivity contribution in [1.82, 2.24) is 29.6 Å². The first kappa shape index (κ1) is 45.0. The average molecular weight is 871 g/mol. The third-order valence-electron chi connectivity index (χ3n) is 7.21. The normalized spacial score (nSPS) is 17.9. The quantitative estimate of drug-likeness (QED) is 0.0331.